The van der Waals surface area contributed by atoms with Crippen LogP contribution in [0.4, 0.5) is 0 Å². The zero-order chi connectivity index (χ0) is 16.7. The molecule has 0 heterocycles. The molecule has 1 aromatic rings. The maximum atomic E-state index is 12.3. The molecule has 2 atom stereocenters. The van der Waals surface area contributed by atoms with Gasteiger partial charge in [0.25, 0.3) is 5.91 Å². The van der Waals surface area contributed by atoms with E-state index in [1.165, 1.54) is 0 Å². The number of hydrogen-bond acceptors (Lipinski definition) is 3. The average Bonchev–Trinajstić information content (AvgIpc) is 2.44. The van der Waals surface area contributed by atoms with Gasteiger partial charge in [0, 0.05) is 12.6 Å². The van der Waals surface area contributed by atoms with E-state index in [0.717, 1.165) is 0 Å². The molecule has 4 N–H and O–H groups in total. The van der Waals surface area contributed by atoms with Gasteiger partial charge in [-0.2, -0.15) is 0 Å². The fourth-order valence-electron chi connectivity index (χ4n) is 1.93. The summed E-state index contributed by atoms with van der Waals surface area (Å²) in [6.07, 6.45) is 0.689. The second kappa shape index (κ2) is 10.5. The number of carbonyl (C=O) groups is 2. The highest BCUT2D eigenvalue weighted by atomic mass is 35.5. The van der Waals surface area contributed by atoms with Crippen LogP contribution in [0.2, 0.25) is 5.02 Å². The van der Waals surface area contributed by atoms with Crippen molar-refractivity contribution in [3.05, 3.63) is 34.9 Å². The van der Waals surface area contributed by atoms with Crippen LogP contribution in [0, 0.1) is 5.92 Å². The number of benzene rings is 1. The highest BCUT2D eigenvalue weighted by molar-refractivity contribution is 6.33. The molecule has 0 aliphatic rings. The summed E-state index contributed by atoms with van der Waals surface area (Å²) in [7, 11) is 0. The predicted molar refractivity (Wildman–Crippen MR) is 96.1 cm³/mol. The highest BCUT2D eigenvalue weighted by Gasteiger charge is 2.25. The van der Waals surface area contributed by atoms with Crippen LogP contribution in [0.1, 0.15) is 37.6 Å². The van der Waals surface area contributed by atoms with Crippen LogP contribution >= 0.6 is 24.0 Å². The topological polar surface area (TPSA) is 84.2 Å². The lowest BCUT2D eigenvalue weighted by Gasteiger charge is -2.22. The number of carbonyl (C=O) groups excluding carboxylic acids is 2. The summed E-state index contributed by atoms with van der Waals surface area (Å²) < 4.78 is 0. The zero-order valence-electron chi connectivity index (χ0n) is 13.6. The quantitative estimate of drug-likeness (QED) is 0.696. The van der Waals surface area contributed by atoms with Crippen molar-refractivity contribution in [3.63, 3.8) is 0 Å². The largest absolute Gasteiger partial charge is 0.354 e. The summed E-state index contributed by atoms with van der Waals surface area (Å²) in [6.45, 7) is 6.12. The Labute approximate surface area is 148 Å². The SMILES string of the molecule is CC(N)CCNC(=O)C(NC(=O)c1ccccc1Cl)C(C)C.Cl. The Bertz CT molecular complexity index is 522. The molecule has 0 radical (unpaired) electrons. The third kappa shape index (κ3) is 7.20. The van der Waals surface area contributed by atoms with Gasteiger partial charge >= 0.3 is 0 Å². The number of rotatable bonds is 7. The monoisotopic (exact) mass is 361 g/mol. The zero-order valence-corrected chi connectivity index (χ0v) is 15.2. The minimum atomic E-state index is -0.614. The van der Waals surface area contributed by atoms with Crippen molar-refractivity contribution in [2.75, 3.05) is 6.54 Å². The summed E-state index contributed by atoms with van der Waals surface area (Å²) >= 11 is 6.00. The lowest BCUT2D eigenvalue weighted by Crippen LogP contribution is -2.50. The fourth-order valence-corrected chi connectivity index (χ4v) is 2.15. The second-order valence-corrected chi connectivity index (χ2v) is 6.14. The molecule has 0 aliphatic heterocycles. The molecule has 0 fully saturated rings. The van der Waals surface area contributed by atoms with Crippen molar-refractivity contribution in [1.29, 1.82) is 0 Å². The van der Waals surface area contributed by atoms with Gasteiger partial charge in [-0.1, -0.05) is 37.6 Å². The van der Waals surface area contributed by atoms with E-state index >= 15 is 0 Å². The molecule has 0 bridgehead atoms. The van der Waals surface area contributed by atoms with Gasteiger partial charge in [-0.25, -0.2) is 0 Å². The molecule has 0 aromatic heterocycles. The van der Waals surface area contributed by atoms with Gasteiger partial charge < -0.3 is 16.4 Å². The van der Waals surface area contributed by atoms with E-state index in [2.05, 4.69) is 10.6 Å². The van der Waals surface area contributed by atoms with Crippen LogP contribution in [-0.2, 0) is 4.79 Å². The fraction of sp³-hybridized carbons (Fsp3) is 0.500. The Morgan fingerprint density at radius 2 is 1.83 bits per heavy atom. The second-order valence-electron chi connectivity index (χ2n) is 5.73. The minimum Gasteiger partial charge on any atom is -0.354 e. The van der Waals surface area contributed by atoms with Crippen LogP contribution in [-0.4, -0.2) is 30.4 Å². The Hall–Kier alpha value is -1.30. The first-order valence-corrected chi connectivity index (χ1v) is 7.79. The maximum Gasteiger partial charge on any atom is 0.253 e. The molecular weight excluding hydrogens is 337 g/mol. The van der Waals surface area contributed by atoms with Crippen molar-refractivity contribution in [1.82, 2.24) is 10.6 Å². The first-order valence-electron chi connectivity index (χ1n) is 7.41. The minimum absolute atomic E-state index is 0. The summed E-state index contributed by atoms with van der Waals surface area (Å²) in [5, 5.41) is 5.91. The Kier molecular flexibility index (Phi) is 9.88. The van der Waals surface area contributed by atoms with Crippen LogP contribution in [0.25, 0.3) is 0 Å². The molecule has 1 aromatic carbocycles. The molecule has 0 aliphatic carbocycles. The smallest absolute Gasteiger partial charge is 0.253 e. The van der Waals surface area contributed by atoms with Crippen LogP contribution in [0.5, 0.6) is 0 Å². The van der Waals surface area contributed by atoms with Gasteiger partial charge in [0.1, 0.15) is 6.04 Å². The first-order chi connectivity index (χ1) is 10.3. The lowest BCUT2D eigenvalue weighted by atomic mass is 10.0. The van der Waals surface area contributed by atoms with Crippen LogP contribution in [0.3, 0.4) is 0 Å². The van der Waals surface area contributed by atoms with Gasteiger partial charge in [-0.05, 0) is 31.4 Å². The van der Waals surface area contributed by atoms with E-state index in [1.807, 2.05) is 20.8 Å². The van der Waals surface area contributed by atoms with Crippen molar-refractivity contribution < 1.29 is 9.59 Å². The number of amides is 2. The molecule has 0 saturated carbocycles. The molecule has 2 unspecified atom stereocenters. The summed E-state index contributed by atoms with van der Waals surface area (Å²) in [4.78, 5) is 24.5. The predicted octanol–water partition coefficient (Wildman–Crippen LogP) is 2.37. The lowest BCUT2D eigenvalue weighted by molar-refractivity contribution is -0.123. The molecule has 2 amide bonds. The van der Waals surface area contributed by atoms with Crippen molar-refractivity contribution in [2.24, 2.45) is 11.7 Å². The molecule has 0 spiro atoms. The Morgan fingerprint density at radius 1 is 1.22 bits per heavy atom. The van der Waals surface area contributed by atoms with Gasteiger partial charge in [-0.3, -0.25) is 9.59 Å². The van der Waals surface area contributed by atoms with E-state index in [-0.39, 0.29) is 36.2 Å². The summed E-state index contributed by atoms with van der Waals surface area (Å²) in [6, 6.07) is 6.16. The Morgan fingerprint density at radius 3 is 2.35 bits per heavy atom. The molecule has 0 saturated heterocycles. The van der Waals surface area contributed by atoms with Gasteiger partial charge in [0.05, 0.1) is 10.6 Å². The van der Waals surface area contributed by atoms with Crippen molar-refractivity contribution >= 4 is 35.8 Å². The van der Waals surface area contributed by atoms with E-state index < -0.39 is 6.04 Å². The number of halogens is 2. The average molecular weight is 362 g/mol. The van der Waals surface area contributed by atoms with E-state index in [0.29, 0.717) is 23.6 Å². The van der Waals surface area contributed by atoms with E-state index in [9.17, 15) is 9.59 Å². The number of hydrogen-bond donors (Lipinski definition) is 3. The van der Waals surface area contributed by atoms with Gasteiger partial charge in [0.15, 0.2) is 0 Å². The van der Waals surface area contributed by atoms with Crippen LogP contribution < -0.4 is 16.4 Å². The van der Waals surface area contributed by atoms with E-state index in [4.69, 9.17) is 17.3 Å². The molecule has 23 heavy (non-hydrogen) atoms. The Balaban J connectivity index is 0.00000484. The van der Waals surface area contributed by atoms with Crippen LogP contribution in [0.15, 0.2) is 24.3 Å². The van der Waals surface area contributed by atoms with Gasteiger partial charge in [-0.15, -0.1) is 12.4 Å². The third-order valence-corrected chi connectivity index (χ3v) is 3.58. The number of nitrogens with two attached hydrogens (primary N) is 1. The standard InChI is InChI=1S/C16H24ClN3O2.ClH/c1-10(2)14(16(22)19-9-8-11(3)18)20-15(21)12-6-4-5-7-13(12)17;/h4-7,10-11,14H,8-9,18H2,1-3H3,(H,19,22)(H,20,21);1H. The molecule has 130 valence electrons. The first kappa shape index (κ1) is 21.7. The van der Waals surface area contributed by atoms with Gasteiger partial charge in [0.2, 0.25) is 5.91 Å². The van der Waals surface area contributed by atoms with Crippen molar-refractivity contribution in [3.8, 4) is 0 Å². The van der Waals surface area contributed by atoms with Crippen molar-refractivity contribution in [2.45, 2.75) is 39.3 Å². The summed E-state index contributed by atoms with van der Waals surface area (Å²) in [5.41, 5.74) is 6.01. The molecule has 5 nitrogen and oxygen atoms in total. The third-order valence-electron chi connectivity index (χ3n) is 3.25. The summed E-state index contributed by atoms with van der Waals surface area (Å²) in [5.74, 6) is -0.607. The maximum absolute atomic E-state index is 12.3. The molecule has 1 rings (SSSR count). The normalized spacial score (nSPS) is 13.0. The van der Waals surface area contributed by atoms with E-state index in [1.54, 1.807) is 24.3 Å². The molecule has 7 heteroatoms. The highest BCUT2D eigenvalue weighted by Crippen LogP contribution is 2.15. The number of nitrogens with one attached hydrogen (secondary N) is 2. The molecular formula is C16H25Cl2N3O2.